The molecule has 0 N–H and O–H groups in total. The van der Waals surface area contributed by atoms with Crippen molar-refractivity contribution in [2.75, 3.05) is 0 Å². The quantitative estimate of drug-likeness (QED) is 0.670. The third-order valence-electron chi connectivity index (χ3n) is 1.39. The monoisotopic (exact) mass is 201 g/mol. The minimum absolute atomic E-state index is 0.0507. The molecule has 74 valence electrons. The van der Waals surface area contributed by atoms with Crippen molar-refractivity contribution < 1.29 is 17.9 Å². The standard InChI is InChI=1S/C9H6F3NO/c1-13-6-7-3-2-4-8(5-7)14-9(10,11)12/h2-5H,6H2. The summed E-state index contributed by atoms with van der Waals surface area (Å²) >= 11 is 0. The molecule has 0 radical (unpaired) electrons. The van der Waals surface area contributed by atoms with Gasteiger partial charge in [-0.15, -0.1) is 13.2 Å². The van der Waals surface area contributed by atoms with Gasteiger partial charge in [0, 0.05) is 5.56 Å². The lowest BCUT2D eigenvalue weighted by molar-refractivity contribution is -0.274. The van der Waals surface area contributed by atoms with Gasteiger partial charge in [0.2, 0.25) is 6.54 Å². The van der Waals surface area contributed by atoms with Crippen LogP contribution in [0.5, 0.6) is 5.75 Å². The number of benzene rings is 1. The van der Waals surface area contributed by atoms with Gasteiger partial charge in [0.15, 0.2) is 0 Å². The second-order valence-corrected chi connectivity index (χ2v) is 2.51. The van der Waals surface area contributed by atoms with Crippen LogP contribution in [-0.4, -0.2) is 6.36 Å². The highest BCUT2D eigenvalue weighted by atomic mass is 19.4. The van der Waals surface area contributed by atoms with E-state index in [-0.39, 0.29) is 12.3 Å². The molecule has 0 aliphatic carbocycles. The fourth-order valence-corrected chi connectivity index (χ4v) is 0.932. The third-order valence-corrected chi connectivity index (χ3v) is 1.39. The van der Waals surface area contributed by atoms with Crippen LogP contribution in [0.3, 0.4) is 0 Å². The van der Waals surface area contributed by atoms with Gasteiger partial charge in [0.25, 0.3) is 0 Å². The minimum atomic E-state index is -4.68. The van der Waals surface area contributed by atoms with Gasteiger partial charge in [-0.1, -0.05) is 12.1 Å². The maximum atomic E-state index is 11.8. The van der Waals surface area contributed by atoms with E-state index in [9.17, 15) is 13.2 Å². The number of ether oxygens (including phenoxy) is 1. The lowest BCUT2D eigenvalue weighted by atomic mass is 10.2. The van der Waals surface area contributed by atoms with Gasteiger partial charge in [-0.2, -0.15) is 0 Å². The molecule has 0 unspecified atom stereocenters. The van der Waals surface area contributed by atoms with Crippen LogP contribution in [0.2, 0.25) is 0 Å². The fraction of sp³-hybridized carbons (Fsp3) is 0.222. The molecular weight excluding hydrogens is 195 g/mol. The Morgan fingerprint density at radius 2 is 2.07 bits per heavy atom. The van der Waals surface area contributed by atoms with Gasteiger partial charge in [0.1, 0.15) is 5.75 Å². The van der Waals surface area contributed by atoms with Crippen molar-refractivity contribution in [1.29, 1.82) is 0 Å². The van der Waals surface area contributed by atoms with Gasteiger partial charge >= 0.3 is 6.36 Å². The summed E-state index contributed by atoms with van der Waals surface area (Å²) in [6.45, 7) is 6.60. The molecule has 2 nitrogen and oxygen atoms in total. The third kappa shape index (κ3) is 3.35. The SMILES string of the molecule is [C-]#[N+]Cc1cccc(OC(F)(F)F)c1. The van der Waals surface area contributed by atoms with E-state index in [0.29, 0.717) is 5.56 Å². The van der Waals surface area contributed by atoms with Crippen molar-refractivity contribution in [3.8, 4) is 5.75 Å². The molecule has 0 saturated heterocycles. The topological polar surface area (TPSA) is 13.6 Å². The van der Waals surface area contributed by atoms with E-state index >= 15 is 0 Å². The van der Waals surface area contributed by atoms with Crippen molar-refractivity contribution in [1.82, 2.24) is 0 Å². The van der Waals surface area contributed by atoms with E-state index in [2.05, 4.69) is 9.58 Å². The number of alkyl halides is 3. The van der Waals surface area contributed by atoms with E-state index in [4.69, 9.17) is 6.57 Å². The Labute approximate surface area is 78.7 Å². The van der Waals surface area contributed by atoms with Crippen molar-refractivity contribution in [3.63, 3.8) is 0 Å². The fourth-order valence-electron chi connectivity index (χ4n) is 0.932. The van der Waals surface area contributed by atoms with Crippen LogP contribution in [-0.2, 0) is 6.54 Å². The Hall–Kier alpha value is -1.70. The molecule has 0 aromatic heterocycles. The minimum Gasteiger partial charge on any atom is -0.406 e. The highest BCUT2D eigenvalue weighted by Gasteiger charge is 2.31. The number of halogens is 3. The Morgan fingerprint density at radius 3 is 2.64 bits per heavy atom. The predicted octanol–water partition coefficient (Wildman–Crippen LogP) is 3.00. The summed E-state index contributed by atoms with van der Waals surface area (Å²) < 4.78 is 39.0. The smallest absolute Gasteiger partial charge is 0.406 e. The molecule has 0 atom stereocenters. The van der Waals surface area contributed by atoms with E-state index < -0.39 is 6.36 Å². The van der Waals surface area contributed by atoms with Crippen LogP contribution < -0.4 is 4.74 Å². The largest absolute Gasteiger partial charge is 0.573 e. The molecule has 0 fully saturated rings. The Balaban J connectivity index is 2.79. The highest BCUT2D eigenvalue weighted by molar-refractivity contribution is 5.29. The summed E-state index contributed by atoms with van der Waals surface area (Å²) in [5, 5.41) is 0. The van der Waals surface area contributed by atoms with Gasteiger partial charge < -0.3 is 9.58 Å². The molecule has 5 heteroatoms. The number of rotatable bonds is 2. The Morgan fingerprint density at radius 1 is 1.36 bits per heavy atom. The number of nitrogens with zero attached hydrogens (tertiary/aromatic N) is 1. The number of hydrogen-bond donors (Lipinski definition) is 0. The molecule has 1 rings (SSSR count). The molecule has 0 aliphatic rings. The van der Waals surface area contributed by atoms with Gasteiger partial charge in [-0.3, -0.25) is 0 Å². The van der Waals surface area contributed by atoms with Crippen LogP contribution in [0.25, 0.3) is 4.85 Å². The van der Waals surface area contributed by atoms with Crippen molar-refractivity contribution >= 4 is 0 Å². The van der Waals surface area contributed by atoms with Crippen LogP contribution in [0.15, 0.2) is 24.3 Å². The first-order chi connectivity index (χ1) is 6.51. The molecular formula is C9H6F3NO. The van der Waals surface area contributed by atoms with Crippen LogP contribution in [0.1, 0.15) is 5.56 Å². The molecule has 0 aliphatic heterocycles. The highest BCUT2D eigenvalue weighted by Crippen LogP contribution is 2.23. The average Bonchev–Trinajstić information content (AvgIpc) is 2.02. The molecule has 0 saturated carbocycles. The Bertz CT molecular complexity index is 354. The Kier molecular flexibility index (Phi) is 2.97. The summed E-state index contributed by atoms with van der Waals surface area (Å²) in [5.41, 5.74) is 0.502. The number of hydrogen-bond acceptors (Lipinski definition) is 1. The maximum Gasteiger partial charge on any atom is 0.573 e. The van der Waals surface area contributed by atoms with Gasteiger partial charge in [0.05, 0.1) is 0 Å². The van der Waals surface area contributed by atoms with Crippen molar-refractivity contribution in [2.24, 2.45) is 0 Å². The van der Waals surface area contributed by atoms with E-state index in [1.54, 1.807) is 6.07 Å². The molecule has 0 heterocycles. The summed E-state index contributed by atoms with van der Waals surface area (Å²) in [4.78, 5) is 3.06. The lowest BCUT2D eigenvalue weighted by Crippen LogP contribution is -2.17. The van der Waals surface area contributed by atoms with E-state index in [1.807, 2.05) is 0 Å². The first kappa shape index (κ1) is 10.4. The molecule has 0 bridgehead atoms. The summed E-state index contributed by atoms with van der Waals surface area (Å²) in [5.74, 6) is -0.293. The zero-order valence-corrected chi connectivity index (χ0v) is 7.01. The zero-order valence-electron chi connectivity index (χ0n) is 7.01. The summed E-state index contributed by atoms with van der Waals surface area (Å²) in [6, 6.07) is 5.38. The second kappa shape index (κ2) is 4.01. The molecule has 14 heavy (non-hydrogen) atoms. The molecule has 1 aromatic rings. The van der Waals surface area contributed by atoms with Crippen LogP contribution in [0.4, 0.5) is 13.2 Å². The van der Waals surface area contributed by atoms with E-state index in [1.165, 1.54) is 18.2 Å². The molecule has 0 spiro atoms. The zero-order chi connectivity index (χ0) is 10.6. The van der Waals surface area contributed by atoms with Gasteiger partial charge in [-0.25, -0.2) is 6.57 Å². The first-order valence-corrected chi connectivity index (χ1v) is 3.69. The van der Waals surface area contributed by atoms with Crippen molar-refractivity contribution in [3.05, 3.63) is 41.2 Å². The van der Waals surface area contributed by atoms with E-state index in [0.717, 1.165) is 0 Å². The molecule has 0 amide bonds. The van der Waals surface area contributed by atoms with Crippen molar-refractivity contribution in [2.45, 2.75) is 12.9 Å². The summed E-state index contributed by atoms with van der Waals surface area (Å²) in [6.07, 6.45) is -4.68. The lowest BCUT2D eigenvalue weighted by Gasteiger charge is -2.08. The summed E-state index contributed by atoms with van der Waals surface area (Å²) in [7, 11) is 0. The van der Waals surface area contributed by atoms with Crippen LogP contribution >= 0.6 is 0 Å². The second-order valence-electron chi connectivity index (χ2n) is 2.51. The predicted molar refractivity (Wildman–Crippen MR) is 43.4 cm³/mol. The molecule has 1 aromatic carbocycles. The van der Waals surface area contributed by atoms with Crippen LogP contribution in [0, 0.1) is 6.57 Å². The van der Waals surface area contributed by atoms with Gasteiger partial charge in [-0.05, 0) is 12.1 Å². The normalized spacial score (nSPS) is 10.7. The average molecular weight is 201 g/mol. The first-order valence-electron chi connectivity index (χ1n) is 3.69. The maximum absolute atomic E-state index is 11.8.